The van der Waals surface area contributed by atoms with E-state index in [0.29, 0.717) is 5.65 Å². The first-order valence-corrected chi connectivity index (χ1v) is 20.4. The standard InChI is InChI=1S/C43H49N3O22/c1-18(47)59-30-29(52)41(66-34(39(55)57-9)31(30)60-19(2)48)65-27-15-24(64-42-36(63-22(5)51)33(62-21(4)50)32(61-20(3)49)35(67-42)40(56)58-10)12-13-25(27)37(53)44-23-11-14-28-45-26(17-46(28)16-23)38(54)68-43(6,7)8/h11-17,29-36,41-42,52H,1-10H3,(H,44,53)/t29-,30-,31+,32+,33+,34+,35+,36-,41-,42-/m1/s1. The zero-order chi connectivity index (χ0) is 50.4. The van der Waals surface area contributed by atoms with E-state index in [1.165, 1.54) is 35.0 Å². The molecule has 68 heavy (non-hydrogen) atoms. The lowest BCUT2D eigenvalue weighted by molar-refractivity contribution is -0.282. The molecular weight excluding hydrogens is 910 g/mol. The highest BCUT2D eigenvalue weighted by Gasteiger charge is 2.56. The summed E-state index contributed by atoms with van der Waals surface area (Å²) in [6.07, 6.45) is -15.8. The maximum Gasteiger partial charge on any atom is 0.359 e. The predicted octanol–water partition coefficient (Wildman–Crippen LogP) is 1.11. The number of imidazole rings is 1. The third-order valence-electron chi connectivity index (χ3n) is 9.40. The Labute approximate surface area is 386 Å². The Hall–Kier alpha value is -7.38. The van der Waals surface area contributed by atoms with Crippen molar-refractivity contribution in [3.63, 3.8) is 0 Å². The zero-order valence-electron chi connectivity index (χ0n) is 38.2. The number of methoxy groups -OCH3 is 2. The van der Waals surface area contributed by atoms with Crippen molar-refractivity contribution in [3.8, 4) is 11.5 Å². The fourth-order valence-electron chi connectivity index (χ4n) is 6.86. The number of rotatable bonds is 14. The number of carbonyl (C=O) groups is 9. The number of carbonyl (C=O) groups excluding carboxylic acids is 9. The van der Waals surface area contributed by atoms with Crippen LogP contribution in [0.2, 0.25) is 0 Å². The highest BCUT2D eigenvalue weighted by atomic mass is 16.7. The van der Waals surface area contributed by atoms with E-state index in [9.17, 15) is 48.3 Å². The summed E-state index contributed by atoms with van der Waals surface area (Å²) in [5, 5.41) is 14.2. The molecule has 2 aliphatic heterocycles. The molecule has 1 aromatic carbocycles. The Morgan fingerprint density at radius 1 is 0.647 bits per heavy atom. The van der Waals surface area contributed by atoms with Crippen LogP contribution in [-0.4, -0.2) is 149 Å². The first-order valence-electron chi connectivity index (χ1n) is 20.4. The summed E-state index contributed by atoms with van der Waals surface area (Å²) in [7, 11) is 1.96. The molecule has 25 nitrogen and oxygen atoms in total. The molecular formula is C43H49N3O22. The summed E-state index contributed by atoms with van der Waals surface area (Å²) in [4.78, 5) is 119. The molecule has 2 aromatic heterocycles. The van der Waals surface area contributed by atoms with Crippen molar-refractivity contribution in [3.05, 3.63) is 54.0 Å². The molecule has 0 spiro atoms. The molecule has 1 amide bonds. The number of hydrogen-bond donors (Lipinski definition) is 2. The Morgan fingerprint density at radius 3 is 1.71 bits per heavy atom. The number of aliphatic hydroxyl groups excluding tert-OH is 1. The van der Waals surface area contributed by atoms with Crippen LogP contribution < -0.4 is 14.8 Å². The van der Waals surface area contributed by atoms with Gasteiger partial charge in [0.1, 0.15) is 22.7 Å². The second kappa shape index (κ2) is 21.5. The number of pyridine rings is 1. The van der Waals surface area contributed by atoms with Crippen molar-refractivity contribution in [1.82, 2.24) is 9.38 Å². The van der Waals surface area contributed by atoms with Gasteiger partial charge in [-0.25, -0.2) is 19.4 Å². The van der Waals surface area contributed by atoms with Gasteiger partial charge in [-0.3, -0.25) is 28.8 Å². The van der Waals surface area contributed by atoms with E-state index in [2.05, 4.69) is 10.3 Å². The number of amides is 1. The van der Waals surface area contributed by atoms with Gasteiger partial charge >= 0.3 is 47.8 Å². The summed E-state index contributed by atoms with van der Waals surface area (Å²) >= 11 is 0. The molecule has 25 heteroatoms. The number of ether oxygens (including phenoxy) is 12. The molecule has 5 rings (SSSR count). The summed E-state index contributed by atoms with van der Waals surface area (Å²) in [6.45, 7) is 9.99. The summed E-state index contributed by atoms with van der Waals surface area (Å²) in [5.41, 5.74) is -0.709. The van der Waals surface area contributed by atoms with Crippen LogP contribution in [0.4, 0.5) is 5.69 Å². The van der Waals surface area contributed by atoms with Gasteiger partial charge in [0.2, 0.25) is 18.7 Å². The summed E-state index contributed by atoms with van der Waals surface area (Å²) in [6, 6.07) is 6.31. The SMILES string of the molecule is COC(=O)[C@H]1O[C@@H](Oc2ccc(C(=O)Nc3ccc4nc(C(=O)OC(C)(C)C)cn4c3)c(O[C@@H]3O[C@H](C(=O)OC)[C@@H](OC(C)=O)[C@H](OC(C)=O)[C@H]3O)c2)[C@H](OC(C)=O)[C@@H](OC(C)=O)[C@@H]1OC(C)=O. The number of nitrogens with zero attached hydrogens (tertiary/aromatic N) is 2. The molecule has 0 bridgehead atoms. The Balaban J connectivity index is 1.60. The topological polar surface area (TPSA) is 314 Å². The van der Waals surface area contributed by atoms with E-state index in [1.807, 2.05) is 0 Å². The number of benzene rings is 1. The maximum absolute atomic E-state index is 14.2. The van der Waals surface area contributed by atoms with Crippen molar-refractivity contribution in [2.24, 2.45) is 0 Å². The molecule has 2 N–H and O–H groups in total. The summed E-state index contributed by atoms with van der Waals surface area (Å²) in [5.74, 6) is -9.53. The highest BCUT2D eigenvalue weighted by molar-refractivity contribution is 6.06. The second-order valence-electron chi connectivity index (χ2n) is 15.9. The van der Waals surface area contributed by atoms with Crippen LogP contribution in [0.25, 0.3) is 5.65 Å². The second-order valence-corrected chi connectivity index (χ2v) is 15.9. The van der Waals surface area contributed by atoms with Crippen LogP contribution in [0.5, 0.6) is 11.5 Å². The van der Waals surface area contributed by atoms with E-state index in [-0.39, 0.29) is 22.7 Å². The van der Waals surface area contributed by atoms with Gasteiger partial charge in [0.05, 0.1) is 25.5 Å². The number of esters is 8. The number of fused-ring (bicyclic) bond motifs is 1. The number of nitrogens with one attached hydrogen (secondary N) is 1. The molecule has 4 heterocycles. The molecule has 2 fully saturated rings. The third-order valence-corrected chi connectivity index (χ3v) is 9.40. The lowest BCUT2D eigenvalue weighted by atomic mass is 9.97. The smallest absolute Gasteiger partial charge is 0.359 e. The molecule has 0 unspecified atom stereocenters. The Kier molecular flexibility index (Phi) is 16.3. The molecule has 0 aliphatic carbocycles. The first kappa shape index (κ1) is 51.6. The van der Waals surface area contributed by atoms with Gasteiger partial charge in [-0.05, 0) is 45.0 Å². The minimum absolute atomic E-state index is 0.0224. The van der Waals surface area contributed by atoms with Crippen molar-refractivity contribution in [2.45, 2.75) is 122 Å². The van der Waals surface area contributed by atoms with Crippen molar-refractivity contribution < 1.29 is 105 Å². The van der Waals surface area contributed by atoms with E-state index >= 15 is 0 Å². The number of anilines is 1. The van der Waals surface area contributed by atoms with Gasteiger partial charge < -0.3 is 71.7 Å². The van der Waals surface area contributed by atoms with Gasteiger partial charge in [0.15, 0.2) is 48.4 Å². The maximum atomic E-state index is 14.2. The van der Waals surface area contributed by atoms with Gasteiger partial charge in [0, 0.05) is 53.1 Å². The van der Waals surface area contributed by atoms with Gasteiger partial charge in [0.25, 0.3) is 5.91 Å². The normalized spacial score (nSPS) is 24.5. The lowest BCUT2D eigenvalue weighted by Crippen LogP contribution is -2.64. The lowest BCUT2D eigenvalue weighted by Gasteiger charge is -2.43. The fraction of sp³-hybridized carbons (Fsp3) is 0.488. The Bertz CT molecular complexity index is 2440. The average molecular weight is 960 g/mol. The number of aliphatic hydroxyl groups is 1. The van der Waals surface area contributed by atoms with E-state index in [0.717, 1.165) is 61.0 Å². The minimum Gasteiger partial charge on any atom is -0.467 e. The van der Waals surface area contributed by atoms with Crippen LogP contribution in [-0.2, 0) is 80.9 Å². The largest absolute Gasteiger partial charge is 0.467 e. The van der Waals surface area contributed by atoms with Gasteiger partial charge in [-0.15, -0.1) is 0 Å². The molecule has 0 radical (unpaired) electrons. The average Bonchev–Trinajstić information content (AvgIpc) is 3.67. The third kappa shape index (κ3) is 12.7. The molecule has 368 valence electrons. The molecule has 0 saturated carbocycles. The van der Waals surface area contributed by atoms with E-state index < -0.39 is 126 Å². The first-order chi connectivity index (χ1) is 31.9. The van der Waals surface area contributed by atoms with E-state index in [4.69, 9.17) is 56.8 Å². The summed E-state index contributed by atoms with van der Waals surface area (Å²) < 4.78 is 66.9. The fourth-order valence-corrected chi connectivity index (χ4v) is 6.86. The zero-order valence-corrected chi connectivity index (χ0v) is 38.2. The molecule has 2 saturated heterocycles. The highest BCUT2D eigenvalue weighted by Crippen LogP contribution is 2.36. The number of hydrogen-bond acceptors (Lipinski definition) is 23. The van der Waals surface area contributed by atoms with Crippen molar-refractivity contribution in [2.75, 3.05) is 19.5 Å². The molecule has 10 atom stereocenters. The van der Waals surface area contributed by atoms with Crippen LogP contribution in [0.3, 0.4) is 0 Å². The van der Waals surface area contributed by atoms with Gasteiger partial charge in [-0.1, -0.05) is 0 Å². The van der Waals surface area contributed by atoms with Crippen LogP contribution >= 0.6 is 0 Å². The quantitative estimate of drug-likeness (QED) is 0.169. The van der Waals surface area contributed by atoms with E-state index in [1.54, 1.807) is 20.8 Å². The Morgan fingerprint density at radius 2 is 1.16 bits per heavy atom. The minimum atomic E-state index is -2.06. The van der Waals surface area contributed by atoms with Crippen molar-refractivity contribution >= 4 is 65.0 Å². The number of aromatic nitrogens is 2. The molecule has 2 aliphatic rings. The van der Waals surface area contributed by atoms with Crippen LogP contribution in [0.1, 0.15) is 76.2 Å². The van der Waals surface area contributed by atoms with Crippen molar-refractivity contribution in [1.29, 1.82) is 0 Å². The molecule has 3 aromatic rings. The predicted molar refractivity (Wildman–Crippen MR) is 221 cm³/mol. The van der Waals surface area contributed by atoms with Crippen LogP contribution in [0.15, 0.2) is 42.7 Å². The monoisotopic (exact) mass is 959 g/mol. The van der Waals surface area contributed by atoms with Crippen LogP contribution in [0, 0.1) is 0 Å². The van der Waals surface area contributed by atoms with Gasteiger partial charge in [-0.2, -0.15) is 0 Å².